The number of benzene rings is 1. The van der Waals surface area contributed by atoms with E-state index in [4.69, 9.17) is 4.74 Å². The first-order chi connectivity index (χ1) is 14.9. The molecule has 1 aliphatic heterocycles. The van der Waals surface area contributed by atoms with Crippen molar-refractivity contribution in [1.82, 2.24) is 9.88 Å². The minimum atomic E-state index is -3.06. The highest BCUT2D eigenvalue weighted by Crippen LogP contribution is 2.56. The number of rotatable bonds is 4. The van der Waals surface area contributed by atoms with Crippen LogP contribution in [0.5, 0.6) is 5.75 Å². The molecule has 1 saturated carbocycles. The van der Waals surface area contributed by atoms with Crippen LogP contribution in [0.1, 0.15) is 52.7 Å². The number of sulfone groups is 1. The largest absolute Gasteiger partial charge is 0.494 e. The number of aromatic nitrogens is 1. The Hall–Kier alpha value is -2.68. The molecule has 2 aliphatic carbocycles. The van der Waals surface area contributed by atoms with Crippen LogP contribution in [0.4, 0.5) is 15.8 Å². The molecule has 31 heavy (non-hydrogen) atoms. The Morgan fingerprint density at radius 1 is 1.19 bits per heavy atom. The number of pyridine rings is 1. The maximum atomic E-state index is 13.8. The molecule has 1 amide bonds. The second-order valence-electron chi connectivity index (χ2n) is 8.47. The molecular formula is C22H24FN3O4S. The van der Waals surface area contributed by atoms with Gasteiger partial charge in [0.2, 0.25) is 0 Å². The van der Waals surface area contributed by atoms with E-state index in [1.165, 1.54) is 13.2 Å². The molecule has 164 valence electrons. The van der Waals surface area contributed by atoms with Crippen molar-refractivity contribution in [2.75, 3.05) is 37.0 Å². The quantitative estimate of drug-likeness (QED) is 0.778. The van der Waals surface area contributed by atoms with Crippen LogP contribution >= 0.6 is 0 Å². The van der Waals surface area contributed by atoms with Crippen LogP contribution in [0.3, 0.4) is 0 Å². The molecule has 2 bridgehead atoms. The minimum Gasteiger partial charge on any atom is -0.494 e. The summed E-state index contributed by atoms with van der Waals surface area (Å²) in [6.07, 6.45) is 4.76. The van der Waals surface area contributed by atoms with Crippen molar-refractivity contribution < 1.29 is 22.3 Å². The Morgan fingerprint density at radius 2 is 1.90 bits per heavy atom. The van der Waals surface area contributed by atoms with E-state index in [2.05, 4.69) is 10.3 Å². The normalized spacial score (nSPS) is 23.5. The van der Waals surface area contributed by atoms with Crippen LogP contribution in [0, 0.1) is 5.82 Å². The van der Waals surface area contributed by atoms with Crippen molar-refractivity contribution in [2.45, 2.75) is 31.1 Å². The molecule has 5 rings (SSSR count). The van der Waals surface area contributed by atoms with Crippen molar-refractivity contribution in [3.05, 3.63) is 47.0 Å². The Kier molecular flexibility index (Phi) is 4.88. The number of methoxy groups -OCH3 is 1. The van der Waals surface area contributed by atoms with Gasteiger partial charge in [0.25, 0.3) is 5.91 Å². The number of amides is 1. The van der Waals surface area contributed by atoms with Crippen LogP contribution in [-0.4, -0.2) is 55.9 Å². The predicted octanol–water partition coefficient (Wildman–Crippen LogP) is 3.21. The van der Waals surface area contributed by atoms with Gasteiger partial charge >= 0.3 is 0 Å². The van der Waals surface area contributed by atoms with Crippen molar-refractivity contribution >= 4 is 27.1 Å². The highest BCUT2D eigenvalue weighted by Gasteiger charge is 2.42. The second-order valence-corrected chi connectivity index (χ2v) is 10.8. The molecule has 2 unspecified atom stereocenters. The van der Waals surface area contributed by atoms with Gasteiger partial charge < -0.3 is 15.0 Å². The Labute approximate surface area is 180 Å². The van der Waals surface area contributed by atoms with E-state index in [1.807, 2.05) is 0 Å². The van der Waals surface area contributed by atoms with Crippen molar-refractivity contribution in [1.29, 1.82) is 0 Å². The number of halogens is 1. The Bertz CT molecular complexity index is 1150. The highest BCUT2D eigenvalue weighted by molar-refractivity contribution is 7.91. The maximum absolute atomic E-state index is 13.8. The topological polar surface area (TPSA) is 88.6 Å². The first kappa shape index (κ1) is 20.2. The summed E-state index contributed by atoms with van der Waals surface area (Å²) in [7, 11) is -1.64. The molecule has 7 nitrogen and oxygen atoms in total. The van der Waals surface area contributed by atoms with Crippen molar-refractivity contribution in [2.24, 2.45) is 0 Å². The maximum Gasteiger partial charge on any atom is 0.272 e. The molecular weight excluding hydrogens is 421 g/mol. The van der Waals surface area contributed by atoms with Gasteiger partial charge in [0, 0.05) is 24.8 Å². The van der Waals surface area contributed by atoms with Gasteiger partial charge in [-0.2, -0.15) is 0 Å². The number of nitrogens with zero attached hydrogens (tertiary/aromatic N) is 2. The molecule has 2 atom stereocenters. The van der Waals surface area contributed by atoms with Crippen molar-refractivity contribution in [3.8, 4) is 5.75 Å². The minimum absolute atomic E-state index is 0.000969. The van der Waals surface area contributed by atoms with Crippen LogP contribution in [0.2, 0.25) is 0 Å². The van der Waals surface area contributed by atoms with Gasteiger partial charge in [-0.3, -0.25) is 4.79 Å². The smallest absolute Gasteiger partial charge is 0.272 e. The number of fused-ring (bicyclic) bond motifs is 5. The lowest BCUT2D eigenvalue weighted by Crippen LogP contribution is -2.44. The zero-order chi connectivity index (χ0) is 21.8. The summed E-state index contributed by atoms with van der Waals surface area (Å²) in [6, 6.07) is 4.59. The van der Waals surface area contributed by atoms with Crippen LogP contribution < -0.4 is 10.1 Å². The summed E-state index contributed by atoms with van der Waals surface area (Å²) in [5.41, 5.74) is 4.07. The van der Waals surface area contributed by atoms with Crippen molar-refractivity contribution in [3.63, 3.8) is 0 Å². The first-order valence-corrected chi connectivity index (χ1v) is 12.3. The summed E-state index contributed by atoms with van der Waals surface area (Å²) < 4.78 is 42.3. The van der Waals surface area contributed by atoms with Gasteiger partial charge in [0.15, 0.2) is 21.4 Å². The number of ether oxygens (including phenoxy) is 1. The van der Waals surface area contributed by atoms with Crippen LogP contribution in [-0.2, 0) is 9.84 Å². The van der Waals surface area contributed by atoms with Gasteiger partial charge in [0.05, 0.1) is 30.5 Å². The summed E-state index contributed by atoms with van der Waals surface area (Å²) in [5, 5.41) is 3.33. The van der Waals surface area contributed by atoms with Crippen LogP contribution in [0.15, 0.2) is 24.4 Å². The van der Waals surface area contributed by atoms with E-state index in [1.54, 1.807) is 23.2 Å². The molecule has 0 radical (unpaired) electrons. The molecule has 2 heterocycles. The number of carbonyl (C=O) groups excluding carboxylic acids is 1. The van der Waals surface area contributed by atoms with Gasteiger partial charge in [-0.1, -0.05) is 0 Å². The summed E-state index contributed by atoms with van der Waals surface area (Å²) in [6.45, 7) is 0.419. The second kappa shape index (κ2) is 7.47. The SMILES string of the molecule is COc1cc(Nc2cnc(C(=O)N3CCS(=O)(=O)CC3)c3c2C2CCC3C2)ccc1F. The van der Waals surface area contributed by atoms with E-state index >= 15 is 0 Å². The molecule has 3 aliphatic rings. The summed E-state index contributed by atoms with van der Waals surface area (Å²) in [4.78, 5) is 19.4. The molecule has 1 saturated heterocycles. The van der Waals surface area contributed by atoms with Gasteiger partial charge in [-0.25, -0.2) is 17.8 Å². The van der Waals surface area contributed by atoms with E-state index < -0.39 is 15.7 Å². The van der Waals surface area contributed by atoms with Gasteiger partial charge in [-0.05, 0) is 54.4 Å². The molecule has 1 aromatic carbocycles. The summed E-state index contributed by atoms with van der Waals surface area (Å²) in [5.74, 6) is 0.195. The number of anilines is 2. The third kappa shape index (κ3) is 3.54. The molecule has 1 aromatic heterocycles. The fourth-order valence-electron chi connectivity index (χ4n) is 5.13. The van der Waals surface area contributed by atoms with Gasteiger partial charge in [0.1, 0.15) is 5.69 Å². The predicted molar refractivity (Wildman–Crippen MR) is 114 cm³/mol. The third-order valence-electron chi connectivity index (χ3n) is 6.67. The Morgan fingerprint density at radius 3 is 2.61 bits per heavy atom. The fraction of sp³-hybridized carbons (Fsp3) is 0.455. The molecule has 2 fully saturated rings. The van der Waals surface area contributed by atoms with E-state index in [9.17, 15) is 17.6 Å². The number of carbonyl (C=O) groups is 1. The lowest BCUT2D eigenvalue weighted by Gasteiger charge is -2.28. The number of nitrogens with one attached hydrogen (secondary N) is 1. The molecule has 2 aromatic rings. The number of hydrogen-bond donors (Lipinski definition) is 1. The summed E-state index contributed by atoms with van der Waals surface area (Å²) >= 11 is 0. The first-order valence-electron chi connectivity index (χ1n) is 10.5. The highest BCUT2D eigenvalue weighted by atomic mass is 32.2. The van der Waals surface area contributed by atoms with E-state index in [0.29, 0.717) is 23.2 Å². The van der Waals surface area contributed by atoms with E-state index in [-0.39, 0.29) is 36.3 Å². The zero-order valence-corrected chi connectivity index (χ0v) is 18.0. The van der Waals surface area contributed by atoms with Crippen LogP contribution in [0.25, 0.3) is 0 Å². The van der Waals surface area contributed by atoms with E-state index in [0.717, 1.165) is 36.1 Å². The molecule has 1 N–H and O–H groups in total. The van der Waals surface area contributed by atoms with Gasteiger partial charge in [-0.15, -0.1) is 0 Å². The fourth-order valence-corrected chi connectivity index (χ4v) is 6.33. The Balaban J connectivity index is 1.49. The monoisotopic (exact) mass is 445 g/mol. The number of hydrogen-bond acceptors (Lipinski definition) is 6. The third-order valence-corrected chi connectivity index (χ3v) is 8.28. The lowest BCUT2D eigenvalue weighted by atomic mass is 9.89. The standard InChI is InChI=1S/C22H24FN3O4S/c1-30-18-11-15(4-5-16(18)23)25-17-12-24-21(20-14-3-2-13(10-14)19(17)20)22(27)26-6-8-31(28,29)9-7-26/h4-5,11-14,25H,2-3,6-10H2,1H3. The molecule has 0 spiro atoms. The average Bonchev–Trinajstić information content (AvgIpc) is 3.38. The molecule has 9 heteroatoms. The lowest BCUT2D eigenvalue weighted by molar-refractivity contribution is 0.0762. The average molecular weight is 446 g/mol. The zero-order valence-electron chi connectivity index (χ0n) is 17.2.